The number of nitrogens with one attached hydrogen (secondary N) is 1. The fourth-order valence-electron chi connectivity index (χ4n) is 0.470. The number of quaternary nitrogens is 1. The van der Waals surface area contributed by atoms with Crippen LogP contribution in [-0.2, 0) is 0 Å². The zero-order valence-electron chi connectivity index (χ0n) is 4.76. The lowest BCUT2D eigenvalue weighted by atomic mass is 10.6. The Morgan fingerprint density at radius 2 is 1.62 bits per heavy atom. The average molecular weight is 108 g/mol. The maximum Gasteiger partial charge on any atom is 0.0987 e. The molecule has 1 aliphatic rings. The van der Waals surface area contributed by atoms with Gasteiger partial charge in [0.2, 0.25) is 0 Å². The Balaban J connectivity index is 0.000000222. The average Bonchev–Trinajstić information content (AvgIpc) is 2.24. The van der Waals surface area contributed by atoms with E-state index in [2.05, 4.69) is 19.4 Å². The van der Waals surface area contributed by atoms with Crippen molar-refractivity contribution in [2.75, 3.05) is 7.05 Å². The van der Waals surface area contributed by atoms with Crippen molar-refractivity contribution < 1.29 is 4.90 Å². The Morgan fingerprint density at radius 1 is 1.25 bits per heavy atom. The minimum atomic E-state index is 1.34. The third-order valence-electron chi connectivity index (χ3n) is 0.829. The van der Waals surface area contributed by atoms with Crippen LogP contribution in [0, 0.1) is 11.8 Å². The Bertz CT molecular complexity index is 110. The molecule has 42 valence electrons. The quantitative estimate of drug-likeness (QED) is 0.422. The van der Waals surface area contributed by atoms with Crippen molar-refractivity contribution in [1.82, 2.24) is 0 Å². The minimum Gasteiger partial charge on any atom is -0.512 e. The molecule has 0 saturated carbocycles. The summed E-state index contributed by atoms with van der Waals surface area (Å²) in [4.78, 5) is 1.34. The van der Waals surface area contributed by atoms with Gasteiger partial charge in [0, 0.05) is 0 Å². The van der Waals surface area contributed by atoms with Crippen LogP contribution >= 0.6 is 0 Å². The van der Waals surface area contributed by atoms with E-state index in [0.29, 0.717) is 0 Å². The standard InChI is InChI=1S/C5H7N.CN/c1-6-4-2-3-5-6;1-2/h2-5H,1H3;/q;-1/p+1. The van der Waals surface area contributed by atoms with Gasteiger partial charge in [-0.15, -0.1) is 0 Å². The van der Waals surface area contributed by atoms with Gasteiger partial charge < -0.3 is 11.8 Å². The lowest BCUT2D eigenvalue weighted by molar-refractivity contribution is -0.762. The van der Waals surface area contributed by atoms with E-state index in [1.807, 2.05) is 12.2 Å². The number of hydrogen-bond donors (Lipinski definition) is 1. The zero-order valence-corrected chi connectivity index (χ0v) is 4.76. The molecule has 1 rings (SSSR count). The summed E-state index contributed by atoms with van der Waals surface area (Å²) in [6.45, 7) is 4.75. The van der Waals surface area contributed by atoms with Crippen molar-refractivity contribution in [3.8, 4) is 0 Å². The highest BCUT2D eigenvalue weighted by atomic mass is 15.1. The van der Waals surface area contributed by atoms with Crippen LogP contribution in [0.1, 0.15) is 0 Å². The molecular weight excluding hydrogens is 100 g/mol. The minimum absolute atomic E-state index is 1.34. The number of allylic oxidation sites excluding steroid dienone is 2. The molecule has 0 radical (unpaired) electrons. The van der Waals surface area contributed by atoms with Gasteiger partial charge in [-0.25, -0.2) is 0 Å². The molecule has 2 nitrogen and oxygen atoms in total. The van der Waals surface area contributed by atoms with Crippen LogP contribution in [0.4, 0.5) is 0 Å². The first-order chi connectivity index (χ1) is 3.89. The van der Waals surface area contributed by atoms with Gasteiger partial charge in [0.25, 0.3) is 0 Å². The molecule has 0 fully saturated rings. The van der Waals surface area contributed by atoms with Crippen LogP contribution < -0.4 is 4.90 Å². The van der Waals surface area contributed by atoms with Gasteiger partial charge in [-0.2, -0.15) is 0 Å². The molecule has 1 aliphatic heterocycles. The molecule has 0 aromatic heterocycles. The molecule has 1 heterocycles. The molecule has 0 amide bonds. The topological polar surface area (TPSA) is 28.2 Å². The van der Waals surface area contributed by atoms with Crippen LogP contribution in [-0.4, -0.2) is 7.05 Å². The molecule has 8 heavy (non-hydrogen) atoms. The summed E-state index contributed by atoms with van der Waals surface area (Å²) < 4.78 is 0. The molecule has 0 aromatic rings. The van der Waals surface area contributed by atoms with E-state index in [4.69, 9.17) is 11.8 Å². The van der Waals surface area contributed by atoms with Crippen molar-refractivity contribution >= 4 is 0 Å². The summed E-state index contributed by atoms with van der Waals surface area (Å²) in [5.74, 6) is 0. The predicted octanol–water partition coefficient (Wildman–Crippen LogP) is -0.362. The van der Waals surface area contributed by atoms with Crippen LogP contribution in [0.3, 0.4) is 0 Å². The summed E-state index contributed by atoms with van der Waals surface area (Å²) in [5, 5.41) is 6.25. The monoisotopic (exact) mass is 108 g/mol. The van der Waals surface area contributed by atoms with E-state index < -0.39 is 0 Å². The normalized spacial score (nSPS) is 15.4. The zero-order chi connectivity index (χ0) is 6.41. The molecule has 0 bridgehead atoms. The van der Waals surface area contributed by atoms with Crippen LogP contribution in [0.5, 0.6) is 0 Å². The first-order valence-electron chi connectivity index (χ1n) is 2.30. The van der Waals surface area contributed by atoms with Crippen molar-refractivity contribution in [3.63, 3.8) is 0 Å². The maximum absolute atomic E-state index is 6.25. The molecule has 0 saturated heterocycles. The summed E-state index contributed by atoms with van der Waals surface area (Å²) in [5.41, 5.74) is 0. The van der Waals surface area contributed by atoms with E-state index in [1.165, 1.54) is 4.90 Å². The van der Waals surface area contributed by atoms with E-state index in [-0.39, 0.29) is 0 Å². The highest BCUT2D eigenvalue weighted by Gasteiger charge is 1.89. The molecule has 0 aliphatic carbocycles. The van der Waals surface area contributed by atoms with Gasteiger partial charge in [0.1, 0.15) is 0 Å². The van der Waals surface area contributed by atoms with Crippen LogP contribution in [0.25, 0.3) is 0 Å². The fraction of sp³-hybridized carbons (Fsp3) is 0.167. The van der Waals surface area contributed by atoms with Crippen molar-refractivity contribution in [1.29, 1.82) is 5.26 Å². The molecule has 0 spiro atoms. The second-order valence-electron chi connectivity index (χ2n) is 1.46. The van der Waals surface area contributed by atoms with Crippen LogP contribution in [0.2, 0.25) is 0 Å². The molecule has 1 N–H and O–H groups in total. The van der Waals surface area contributed by atoms with Gasteiger partial charge in [-0.05, 0) is 12.2 Å². The van der Waals surface area contributed by atoms with Crippen molar-refractivity contribution in [2.24, 2.45) is 0 Å². The Morgan fingerprint density at radius 3 is 1.75 bits per heavy atom. The highest BCUT2D eigenvalue weighted by molar-refractivity contribution is 5.00. The lowest BCUT2D eigenvalue weighted by Gasteiger charge is -1.89. The molecule has 0 atom stereocenters. The maximum atomic E-state index is 6.25. The van der Waals surface area contributed by atoms with Gasteiger partial charge >= 0.3 is 0 Å². The van der Waals surface area contributed by atoms with Crippen molar-refractivity contribution in [2.45, 2.75) is 0 Å². The lowest BCUT2D eigenvalue weighted by Crippen LogP contribution is -2.97. The SMILES string of the molecule is C[NH+]1C=CC=C1.[C-]#N. The predicted molar refractivity (Wildman–Crippen MR) is 30.1 cm³/mol. The largest absolute Gasteiger partial charge is 0.512 e. The Kier molecular flexibility index (Phi) is 3.55. The summed E-state index contributed by atoms with van der Waals surface area (Å²) in [7, 11) is 2.08. The van der Waals surface area contributed by atoms with Crippen LogP contribution in [0.15, 0.2) is 24.6 Å². The smallest absolute Gasteiger partial charge is 0.0987 e. The second kappa shape index (κ2) is 4.10. The first-order valence-corrected chi connectivity index (χ1v) is 2.30. The van der Waals surface area contributed by atoms with Crippen molar-refractivity contribution in [3.05, 3.63) is 31.1 Å². The van der Waals surface area contributed by atoms with Gasteiger partial charge in [0.15, 0.2) is 0 Å². The van der Waals surface area contributed by atoms with E-state index in [0.717, 1.165) is 0 Å². The van der Waals surface area contributed by atoms with E-state index >= 15 is 0 Å². The second-order valence-corrected chi connectivity index (χ2v) is 1.46. The summed E-state index contributed by atoms with van der Waals surface area (Å²) in [6.07, 6.45) is 8.24. The van der Waals surface area contributed by atoms with E-state index in [9.17, 15) is 0 Å². The molecular formula is C6H8N2. The highest BCUT2D eigenvalue weighted by Crippen LogP contribution is 1.71. The fourth-order valence-corrected chi connectivity index (χ4v) is 0.470. The molecule has 0 aromatic carbocycles. The Labute approximate surface area is 49.3 Å². The number of rotatable bonds is 0. The Hall–Kier alpha value is -1.07. The van der Waals surface area contributed by atoms with E-state index in [1.54, 1.807) is 0 Å². The number of nitrogens with zero attached hydrogens (tertiary/aromatic N) is 1. The summed E-state index contributed by atoms with van der Waals surface area (Å²) in [6, 6.07) is 0. The third-order valence-corrected chi connectivity index (χ3v) is 0.829. The molecule has 0 unspecified atom stereocenters. The first kappa shape index (κ1) is 6.93. The third kappa shape index (κ3) is 2.17. The van der Waals surface area contributed by atoms with Gasteiger partial charge in [-0.1, -0.05) is 0 Å². The molecule has 2 heteroatoms. The summed E-state index contributed by atoms with van der Waals surface area (Å²) >= 11 is 0. The van der Waals surface area contributed by atoms with Gasteiger partial charge in [-0.3, -0.25) is 4.90 Å². The van der Waals surface area contributed by atoms with Gasteiger partial charge in [0.05, 0.1) is 19.4 Å². The number of hydrogen-bond acceptors (Lipinski definition) is 1.